The Morgan fingerprint density at radius 2 is 2.18 bits per heavy atom. The van der Waals surface area contributed by atoms with Gasteiger partial charge in [-0.3, -0.25) is 0 Å². The predicted octanol–water partition coefficient (Wildman–Crippen LogP) is 2.80. The molecule has 0 atom stereocenters. The van der Waals surface area contributed by atoms with Crippen molar-refractivity contribution >= 4 is 5.97 Å². The molecular weight excluding hydrogens is 223 g/mol. The zero-order valence-electron chi connectivity index (χ0n) is 9.27. The van der Waals surface area contributed by atoms with Crippen molar-refractivity contribution in [3.8, 4) is 0 Å². The molecule has 0 N–H and O–H groups in total. The number of methoxy groups -OCH3 is 1. The molecule has 0 unspecified atom stereocenters. The number of benzene rings is 1. The summed E-state index contributed by atoms with van der Waals surface area (Å²) in [6, 6.07) is 9.46. The van der Waals surface area contributed by atoms with Gasteiger partial charge in [0.2, 0.25) is 5.76 Å². The molecule has 0 radical (unpaired) electrons. The van der Waals surface area contributed by atoms with E-state index < -0.39 is 5.97 Å². The molecule has 1 aromatic carbocycles. The lowest BCUT2D eigenvalue weighted by atomic mass is 10.1. The van der Waals surface area contributed by atoms with Gasteiger partial charge in [-0.1, -0.05) is 12.1 Å². The van der Waals surface area contributed by atoms with Gasteiger partial charge in [-0.15, -0.1) is 0 Å². The Morgan fingerprint density at radius 3 is 2.88 bits per heavy atom. The van der Waals surface area contributed by atoms with Crippen LogP contribution in [0.1, 0.15) is 21.9 Å². The van der Waals surface area contributed by atoms with E-state index >= 15 is 0 Å². The van der Waals surface area contributed by atoms with Crippen LogP contribution in [0.25, 0.3) is 0 Å². The Kier molecular flexibility index (Phi) is 3.23. The van der Waals surface area contributed by atoms with Crippen LogP contribution in [0.3, 0.4) is 0 Å². The van der Waals surface area contributed by atoms with E-state index in [4.69, 9.17) is 4.42 Å². The summed E-state index contributed by atoms with van der Waals surface area (Å²) in [4.78, 5) is 11.2. The Bertz CT molecular complexity index is 531. The molecule has 0 aliphatic carbocycles. The smallest absolute Gasteiger partial charge is 0.373 e. The lowest BCUT2D eigenvalue weighted by Crippen LogP contribution is -1.98. The minimum atomic E-state index is -0.518. The van der Waals surface area contributed by atoms with Crippen molar-refractivity contribution in [2.75, 3.05) is 7.11 Å². The summed E-state index contributed by atoms with van der Waals surface area (Å²) in [5.74, 6) is -0.0624. The van der Waals surface area contributed by atoms with Crippen LogP contribution in [0, 0.1) is 5.82 Å². The highest BCUT2D eigenvalue weighted by atomic mass is 19.1. The normalized spacial score (nSPS) is 10.2. The van der Waals surface area contributed by atoms with Gasteiger partial charge >= 0.3 is 5.97 Å². The second kappa shape index (κ2) is 4.82. The quantitative estimate of drug-likeness (QED) is 0.766. The summed E-state index contributed by atoms with van der Waals surface area (Å²) in [6.07, 6.45) is 0.439. The summed E-state index contributed by atoms with van der Waals surface area (Å²) < 4.78 is 22.8. The molecule has 1 aromatic heterocycles. The van der Waals surface area contributed by atoms with Crippen molar-refractivity contribution in [3.05, 3.63) is 59.3 Å². The fourth-order valence-corrected chi connectivity index (χ4v) is 1.53. The van der Waals surface area contributed by atoms with E-state index in [2.05, 4.69) is 4.74 Å². The molecule has 1 heterocycles. The van der Waals surface area contributed by atoms with E-state index in [0.717, 1.165) is 5.56 Å². The highest BCUT2D eigenvalue weighted by Crippen LogP contribution is 2.14. The van der Waals surface area contributed by atoms with Gasteiger partial charge in [0.1, 0.15) is 11.6 Å². The maximum atomic E-state index is 13.0. The van der Waals surface area contributed by atoms with Crippen LogP contribution in [-0.4, -0.2) is 13.1 Å². The van der Waals surface area contributed by atoms with Gasteiger partial charge in [-0.05, 0) is 29.8 Å². The third kappa shape index (κ3) is 2.72. The summed E-state index contributed by atoms with van der Waals surface area (Å²) in [5.41, 5.74) is 0.788. The van der Waals surface area contributed by atoms with Crippen LogP contribution >= 0.6 is 0 Å². The van der Waals surface area contributed by atoms with Crippen molar-refractivity contribution in [1.29, 1.82) is 0 Å². The van der Waals surface area contributed by atoms with Gasteiger partial charge in [0.05, 0.1) is 7.11 Å². The topological polar surface area (TPSA) is 39.4 Å². The highest BCUT2D eigenvalue weighted by Gasteiger charge is 2.11. The van der Waals surface area contributed by atoms with Crippen LogP contribution in [0.5, 0.6) is 0 Å². The lowest BCUT2D eigenvalue weighted by Gasteiger charge is -1.98. The number of ether oxygens (including phenoxy) is 1. The van der Waals surface area contributed by atoms with Crippen molar-refractivity contribution in [3.63, 3.8) is 0 Å². The molecule has 0 saturated heterocycles. The third-order valence-electron chi connectivity index (χ3n) is 2.32. The monoisotopic (exact) mass is 234 g/mol. The van der Waals surface area contributed by atoms with E-state index in [1.165, 1.54) is 19.2 Å². The molecule has 0 fully saturated rings. The van der Waals surface area contributed by atoms with E-state index in [0.29, 0.717) is 12.2 Å². The molecule has 0 spiro atoms. The number of halogens is 1. The van der Waals surface area contributed by atoms with Gasteiger partial charge in [0.25, 0.3) is 0 Å². The van der Waals surface area contributed by atoms with Gasteiger partial charge in [-0.25, -0.2) is 9.18 Å². The Morgan fingerprint density at radius 1 is 1.35 bits per heavy atom. The molecular formula is C13H11FO3. The molecule has 0 amide bonds. The van der Waals surface area contributed by atoms with Crippen molar-refractivity contribution in [1.82, 2.24) is 0 Å². The highest BCUT2D eigenvalue weighted by molar-refractivity contribution is 5.86. The number of rotatable bonds is 3. The van der Waals surface area contributed by atoms with Crippen LogP contribution < -0.4 is 0 Å². The van der Waals surface area contributed by atoms with Gasteiger partial charge in [-0.2, -0.15) is 0 Å². The van der Waals surface area contributed by atoms with Crippen LogP contribution in [-0.2, 0) is 11.2 Å². The molecule has 17 heavy (non-hydrogen) atoms. The van der Waals surface area contributed by atoms with Gasteiger partial charge in [0, 0.05) is 6.42 Å². The average Bonchev–Trinajstić information content (AvgIpc) is 2.76. The lowest BCUT2D eigenvalue weighted by molar-refractivity contribution is 0.0563. The SMILES string of the molecule is COC(=O)c1ccc(Cc2cccc(F)c2)o1. The van der Waals surface area contributed by atoms with E-state index in [9.17, 15) is 9.18 Å². The second-order valence-electron chi connectivity index (χ2n) is 3.56. The Balaban J connectivity index is 2.14. The standard InChI is InChI=1S/C13H11FO3/c1-16-13(15)12-6-5-11(17-12)8-9-3-2-4-10(14)7-9/h2-7H,8H2,1H3. The molecule has 4 heteroatoms. The molecule has 88 valence electrons. The predicted molar refractivity (Wildman–Crippen MR) is 59.3 cm³/mol. The van der Waals surface area contributed by atoms with Gasteiger partial charge in [0.15, 0.2) is 0 Å². The zero-order valence-corrected chi connectivity index (χ0v) is 9.27. The first-order valence-corrected chi connectivity index (χ1v) is 5.10. The average molecular weight is 234 g/mol. The number of esters is 1. The van der Waals surface area contributed by atoms with Crippen LogP contribution in [0.2, 0.25) is 0 Å². The fraction of sp³-hybridized carbons (Fsp3) is 0.154. The maximum Gasteiger partial charge on any atom is 0.373 e. The molecule has 0 saturated carbocycles. The van der Waals surface area contributed by atoms with E-state index in [1.807, 2.05) is 0 Å². The number of furan rings is 1. The van der Waals surface area contributed by atoms with Crippen molar-refractivity contribution < 1.29 is 18.3 Å². The summed E-state index contributed by atoms with van der Waals surface area (Å²) >= 11 is 0. The first kappa shape index (κ1) is 11.4. The Hall–Kier alpha value is -2.10. The summed E-state index contributed by atoms with van der Waals surface area (Å²) in [5, 5.41) is 0. The van der Waals surface area contributed by atoms with E-state index in [1.54, 1.807) is 24.3 Å². The molecule has 0 aliphatic rings. The number of hydrogen-bond acceptors (Lipinski definition) is 3. The molecule has 2 aromatic rings. The molecule has 3 nitrogen and oxygen atoms in total. The zero-order chi connectivity index (χ0) is 12.3. The fourth-order valence-electron chi connectivity index (χ4n) is 1.53. The van der Waals surface area contributed by atoms with E-state index in [-0.39, 0.29) is 11.6 Å². The Labute approximate surface area is 97.8 Å². The molecule has 2 rings (SSSR count). The third-order valence-corrected chi connectivity index (χ3v) is 2.32. The summed E-state index contributed by atoms with van der Waals surface area (Å²) in [7, 11) is 1.29. The maximum absolute atomic E-state index is 13.0. The minimum Gasteiger partial charge on any atom is -0.463 e. The molecule has 0 bridgehead atoms. The van der Waals surface area contributed by atoms with Crippen molar-refractivity contribution in [2.45, 2.75) is 6.42 Å². The number of carbonyl (C=O) groups is 1. The van der Waals surface area contributed by atoms with Crippen LogP contribution in [0.15, 0.2) is 40.8 Å². The first-order valence-electron chi connectivity index (χ1n) is 5.10. The molecule has 0 aliphatic heterocycles. The van der Waals surface area contributed by atoms with Crippen molar-refractivity contribution in [2.24, 2.45) is 0 Å². The number of hydrogen-bond donors (Lipinski definition) is 0. The van der Waals surface area contributed by atoms with Crippen LogP contribution in [0.4, 0.5) is 4.39 Å². The van der Waals surface area contributed by atoms with Gasteiger partial charge < -0.3 is 9.15 Å². The number of carbonyl (C=O) groups excluding carboxylic acids is 1. The minimum absolute atomic E-state index is 0.152. The summed E-state index contributed by atoms with van der Waals surface area (Å²) in [6.45, 7) is 0. The largest absolute Gasteiger partial charge is 0.463 e. The first-order chi connectivity index (χ1) is 8.19. The second-order valence-corrected chi connectivity index (χ2v) is 3.56.